The van der Waals surface area contributed by atoms with Gasteiger partial charge in [-0.3, -0.25) is 0 Å². The van der Waals surface area contributed by atoms with Crippen LogP contribution >= 0.6 is 0 Å². The van der Waals surface area contributed by atoms with Crippen LogP contribution in [0.2, 0.25) is 0 Å². The van der Waals surface area contributed by atoms with Gasteiger partial charge >= 0.3 is 0 Å². The summed E-state index contributed by atoms with van der Waals surface area (Å²) in [4.78, 5) is 3.34. The van der Waals surface area contributed by atoms with Crippen LogP contribution in [-0.2, 0) is 6.42 Å². The SMILES string of the molecule is [C-]#[N+]CCc1cccc(-n2ccnn2)c1. The van der Waals surface area contributed by atoms with E-state index in [9.17, 15) is 0 Å². The summed E-state index contributed by atoms with van der Waals surface area (Å²) >= 11 is 0. The minimum Gasteiger partial charge on any atom is -0.317 e. The van der Waals surface area contributed by atoms with Gasteiger partial charge in [0.1, 0.15) is 0 Å². The Morgan fingerprint density at radius 2 is 2.33 bits per heavy atom. The van der Waals surface area contributed by atoms with Crippen molar-refractivity contribution in [3.8, 4) is 5.69 Å². The number of nitrogens with zero attached hydrogens (tertiary/aromatic N) is 4. The topological polar surface area (TPSA) is 35.1 Å². The van der Waals surface area contributed by atoms with Gasteiger partial charge in [-0.1, -0.05) is 17.3 Å². The Bertz CT molecular complexity index is 468. The molecule has 0 atom stereocenters. The largest absolute Gasteiger partial charge is 0.317 e. The summed E-state index contributed by atoms with van der Waals surface area (Å²) in [5.74, 6) is 0. The zero-order chi connectivity index (χ0) is 10.5. The van der Waals surface area contributed by atoms with Gasteiger partial charge in [0.05, 0.1) is 18.1 Å². The van der Waals surface area contributed by atoms with Crippen molar-refractivity contribution in [3.05, 3.63) is 53.6 Å². The Balaban J connectivity index is 2.24. The number of rotatable bonds is 3. The van der Waals surface area contributed by atoms with E-state index in [2.05, 4.69) is 15.2 Å². The maximum absolute atomic E-state index is 6.74. The molecular formula is C11H10N4. The van der Waals surface area contributed by atoms with E-state index in [0.717, 1.165) is 17.7 Å². The first-order valence-corrected chi connectivity index (χ1v) is 4.69. The first-order valence-electron chi connectivity index (χ1n) is 4.69. The molecule has 0 N–H and O–H groups in total. The molecule has 2 aromatic rings. The molecule has 4 heteroatoms. The second kappa shape index (κ2) is 4.38. The monoisotopic (exact) mass is 198 g/mol. The average molecular weight is 198 g/mol. The predicted octanol–water partition coefficient (Wildman–Crippen LogP) is 1.73. The lowest BCUT2D eigenvalue weighted by molar-refractivity contribution is 0.801. The summed E-state index contributed by atoms with van der Waals surface area (Å²) in [5, 5.41) is 7.67. The lowest BCUT2D eigenvalue weighted by Gasteiger charge is -2.01. The Morgan fingerprint density at radius 3 is 3.07 bits per heavy atom. The van der Waals surface area contributed by atoms with Gasteiger partial charge in [-0.2, -0.15) is 0 Å². The van der Waals surface area contributed by atoms with Gasteiger partial charge in [0.2, 0.25) is 6.54 Å². The fraction of sp³-hybridized carbons (Fsp3) is 0.182. The Morgan fingerprint density at radius 1 is 1.40 bits per heavy atom. The van der Waals surface area contributed by atoms with Gasteiger partial charge in [-0.25, -0.2) is 11.3 Å². The van der Waals surface area contributed by atoms with Crippen molar-refractivity contribution >= 4 is 0 Å². The second-order valence-corrected chi connectivity index (χ2v) is 3.15. The lowest BCUT2D eigenvalue weighted by atomic mass is 10.1. The Hall–Kier alpha value is -2.15. The zero-order valence-electron chi connectivity index (χ0n) is 8.17. The molecule has 74 valence electrons. The molecule has 1 aromatic carbocycles. The average Bonchev–Trinajstić information content (AvgIpc) is 2.80. The lowest BCUT2D eigenvalue weighted by Crippen LogP contribution is -1.96. The van der Waals surface area contributed by atoms with Gasteiger partial charge in [0.25, 0.3) is 0 Å². The van der Waals surface area contributed by atoms with E-state index >= 15 is 0 Å². The minimum atomic E-state index is 0.529. The molecule has 0 saturated carbocycles. The fourth-order valence-electron chi connectivity index (χ4n) is 1.39. The van der Waals surface area contributed by atoms with Crippen LogP contribution in [0.1, 0.15) is 5.56 Å². The molecule has 0 radical (unpaired) electrons. The zero-order valence-corrected chi connectivity index (χ0v) is 8.17. The first-order chi connectivity index (χ1) is 7.40. The van der Waals surface area contributed by atoms with Crippen LogP contribution in [0.4, 0.5) is 0 Å². The Kier molecular flexibility index (Phi) is 2.75. The number of hydrogen-bond donors (Lipinski definition) is 0. The van der Waals surface area contributed by atoms with Crippen LogP contribution in [-0.4, -0.2) is 21.5 Å². The molecule has 0 aliphatic carbocycles. The van der Waals surface area contributed by atoms with Crippen molar-refractivity contribution in [2.24, 2.45) is 0 Å². The number of aromatic nitrogens is 3. The first kappa shape index (κ1) is 9.41. The third-order valence-corrected chi connectivity index (χ3v) is 2.11. The van der Waals surface area contributed by atoms with E-state index < -0.39 is 0 Å². The summed E-state index contributed by atoms with van der Waals surface area (Å²) < 4.78 is 1.71. The molecule has 0 fully saturated rings. The molecule has 0 aliphatic rings. The van der Waals surface area contributed by atoms with Crippen LogP contribution in [0.5, 0.6) is 0 Å². The summed E-state index contributed by atoms with van der Waals surface area (Å²) in [5.41, 5.74) is 2.13. The standard InChI is InChI=1S/C11H10N4/c1-12-6-5-10-3-2-4-11(9-10)15-8-7-13-14-15/h2-4,7-9H,5-6H2. The molecular weight excluding hydrogens is 188 g/mol. The Labute approximate surface area is 88.0 Å². The molecule has 0 amide bonds. The van der Waals surface area contributed by atoms with Crippen LogP contribution in [0, 0.1) is 6.57 Å². The summed E-state index contributed by atoms with van der Waals surface area (Å²) in [6.07, 6.45) is 4.23. The van der Waals surface area contributed by atoms with Crippen molar-refractivity contribution in [1.29, 1.82) is 0 Å². The number of hydrogen-bond acceptors (Lipinski definition) is 2. The second-order valence-electron chi connectivity index (χ2n) is 3.15. The van der Waals surface area contributed by atoms with Crippen molar-refractivity contribution in [2.75, 3.05) is 6.54 Å². The van der Waals surface area contributed by atoms with E-state index in [1.165, 1.54) is 0 Å². The van der Waals surface area contributed by atoms with Crippen LogP contribution in [0.3, 0.4) is 0 Å². The highest BCUT2D eigenvalue weighted by molar-refractivity contribution is 5.34. The molecule has 0 unspecified atom stereocenters. The normalized spacial score (nSPS) is 9.80. The van der Waals surface area contributed by atoms with Gasteiger partial charge in [0.15, 0.2) is 0 Å². The van der Waals surface area contributed by atoms with E-state index in [4.69, 9.17) is 6.57 Å². The fourth-order valence-corrected chi connectivity index (χ4v) is 1.39. The van der Waals surface area contributed by atoms with Crippen molar-refractivity contribution in [3.63, 3.8) is 0 Å². The molecule has 2 rings (SSSR count). The maximum atomic E-state index is 6.74. The highest BCUT2D eigenvalue weighted by atomic mass is 15.4. The van der Waals surface area contributed by atoms with E-state index in [1.807, 2.05) is 24.3 Å². The molecule has 15 heavy (non-hydrogen) atoms. The van der Waals surface area contributed by atoms with Crippen LogP contribution in [0.25, 0.3) is 10.5 Å². The third kappa shape index (κ3) is 2.20. The summed E-state index contributed by atoms with van der Waals surface area (Å²) in [6, 6.07) is 7.98. The van der Waals surface area contributed by atoms with Crippen molar-refractivity contribution in [2.45, 2.75) is 6.42 Å². The molecule has 4 nitrogen and oxygen atoms in total. The van der Waals surface area contributed by atoms with Crippen molar-refractivity contribution < 1.29 is 0 Å². The van der Waals surface area contributed by atoms with Crippen LogP contribution in [0.15, 0.2) is 36.7 Å². The maximum Gasteiger partial charge on any atom is 0.218 e. The molecule has 1 heterocycles. The molecule has 0 bridgehead atoms. The minimum absolute atomic E-state index is 0.529. The smallest absolute Gasteiger partial charge is 0.218 e. The van der Waals surface area contributed by atoms with Crippen molar-refractivity contribution in [1.82, 2.24) is 15.0 Å². The summed E-state index contributed by atoms with van der Waals surface area (Å²) in [7, 11) is 0. The van der Waals surface area contributed by atoms with Crippen LogP contribution < -0.4 is 0 Å². The summed E-state index contributed by atoms with van der Waals surface area (Å²) in [6.45, 7) is 7.27. The van der Waals surface area contributed by atoms with Gasteiger partial charge < -0.3 is 4.85 Å². The highest BCUT2D eigenvalue weighted by Crippen LogP contribution is 2.09. The molecule has 0 aliphatic heterocycles. The predicted molar refractivity (Wildman–Crippen MR) is 56.5 cm³/mol. The van der Waals surface area contributed by atoms with E-state index in [1.54, 1.807) is 17.1 Å². The molecule has 0 saturated heterocycles. The quantitative estimate of drug-likeness (QED) is 0.704. The number of benzene rings is 1. The van der Waals surface area contributed by atoms with E-state index in [0.29, 0.717) is 6.54 Å². The molecule has 0 spiro atoms. The molecule has 1 aromatic heterocycles. The highest BCUT2D eigenvalue weighted by Gasteiger charge is 1.99. The third-order valence-electron chi connectivity index (χ3n) is 2.11. The van der Waals surface area contributed by atoms with Gasteiger partial charge in [-0.05, 0) is 17.7 Å². The van der Waals surface area contributed by atoms with Gasteiger partial charge in [0, 0.05) is 6.42 Å². The van der Waals surface area contributed by atoms with E-state index in [-0.39, 0.29) is 0 Å². The van der Waals surface area contributed by atoms with Gasteiger partial charge in [-0.15, -0.1) is 5.10 Å².